The van der Waals surface area contributed by atoms with Gasteiger partial charge in [0.2, 0.25) is 0 Å². The third kappa shape index (κ3) is 1.57. The molecule has 0 atom stereocenters. The lowest BCUT2D eigenvalue weighted by molar-refractivity contribution is 1.11. The van der Waals surface area contributed by atoms with Crippen LogP contribution >= 0.6 is 0 Å². The number of hydrogen-bond acceptors (Lipinski definition) is 2. The molecule has 0 aliphatic heterocycles. The van der Waals surface area contributed by atoms with E-state index in [-0.39, 0.29) is 0 Å². The molecule has 0 unspecified atom stereocenters. The molecule has 0 N–H and O–H groups in total. The monoisotopic (exact) mass is 236 g/mol. The third-order valence-electron chi connectivity index (χ3n) is 3.43. The number of hydrogen-bond donors (Lipinski definition) is 0. The quantitative estimate of drug-likeness (QED) is 0.551. The first-order chi connectivity index (χ1) is 8.56. The largest absolute Gasteiger partial charge is 0.150 e. The maximum Gasteiger partial charge on any atom is 0.0941 e. The van der Waals surface area contributed by atoms with Gasteiger partial charge in [-0.25, -0.2) is 0 Å². The third-order valence-corrected chi connectivity index (χ3v) is 3.43. The topological polar surface area (TPSA) is 25.8 Å². The molecular weight excluding hydrogens is 220 g/mol. The van der Waals surface area contributed by atoms with Crippen LogP contribution in [0, 0.1) is 27.7 Å². The molecule has 1 heterocycles. The number of aryl methyl sites for hydroxylation is 4. The molecule has 0 spiro atoms. The van der Waals surface area contributed by atoms with Crippen molar-refractivity contribution in [2.75, 3.05) is 0 Å². The lowest BCUT2D eigenvalue weighted by Crippen LogP contribution is -1.93. The van der Waals surface area contributed by atoms with E-state index >= 15 is 0 Å². The van der Waals surface area contributed by atoms with Gasteiger partial charge < -0.3 is 0 Å². The first-order valence-corrected chi connectivity index (χ1v) is 6.21. The Morgan fingerprint density at radius 2 is 1.00 bits per heavy atom. The summed E-state index contributed by atoms with van der Waals surface area (Å²) in [6.07, 6.45) is 0. The van der Waals surface area contributed by atoms with Gasteiger partial charge in [0.25, 0.3) is 0 Å². The van der Waals surface area contributed by atoms with Gasteiger partial charge in [-0.2, -0.15) is 0 Å². The molecule has 3 aromatic rings. The maximum absolute atomic E-state index is 4.36. The van der Waals surface area contributed by atoms with Crippen molar-refractivity contribution in [1.82, 2.24) is 10.2 Å². The molecule has 0 aliphatic carbocycles. The van der Waals surface area contributed by atoms with Gasteiger partial charge in [-0.3, -0.25) is 0 Å². The summed E-state index contributed by atoms with van der Waals surface area (Å²) >= 11 is 0. The van der Waals surface area contributed by atoms with Crippen LogP contribution in [0.15, 0.2) is 24.3 Å². The lowest BCUT2D eigenvalue weighted by atomic mass is 9.98. The van der Waals surface area contributed by atoms with Crippen LogP contribution in [-0.4, -0.2) is 10.2 Å². The molecular formula is C16H16N2. The van der Waals surface area contributed by atoms with Gasteiger partial charge >= 0.3 is 0 Å². The fraction of sp³-hybridized carbons (Fsp3) is 0.250. The molecule has 2 aromatic carbocycles. The van der Waals surface area contributed by atoms with E-state index in [1.54, 1.807) is 0 Å². The van der Waals surface area contributed by atoms with Crippen molar-refractivity contribution in [2.24, 2.45) is 0 Å². The van der Waals surface area contributed by atoms with Crippen LogP contribution in [0.5, 0.6) is 0 Å². The van der Waals surface area contributed by atoms with Crippen LogP contribution in [0.25, 0.3) is 21.8 Å². The number of aromatic nitrogens is 2. The zero-order valence-corrected chi connectivity index (χ0v) is 11.2. The van der Waals surface area contributed by atoms with E-state index in [0.717, 1.165) is 11.0 Å². The molecule has 0 saturated carbocycles. The number of rotatable bonds is 0. The number of nitrogens with zero attached hydrogens (tertiary/aromatic N) is 2. The Hall–Kier alpha value is -1.96. The van der Waals surface area contributed by atoms with Crippen molar-refractivity contribution in [3.63, 3.8) is 0 Å². The number of fused-ring (bicyclic) bond motifs is 3. The van der Waals surface area contributed by atoms with E-state index in [1.165, 1.54) is 33.0 Å². The van der Waals surface area contributed by atoms with Crippen molar-refractivity contribution < 1.29 is 0 Å². The van der Waals surface area contributed by atoms with Gasteiger partial charge in [0.1, 0.15) is 0 Å². The van der Waals surface area contributed by atoms with Crippen molar-refractivity contribution in [2.45, 2.75) is 27.7 Å². The van der Waals surface area contributed by atoms with Crippen LogP contribution < -0.4 is 0 Å². The van der Waals surface area contributed by atoms with E-state index in [9.17, 15) is 0 Å². The highest BCUT2D eigenvalue weighted by Crippen LogP contribution is 2.29. The Bertz CT molecular complexity index is 706. The predicted molar refractivity (Wildman–Crippen MR) is 76.0 cm³/mol. The first kappa shape index (κ1) is 11.1. The molecule has 3 rings (SSSR count). The zero-order valence-electron chi connectivity index (χ0n) is 11.2. The predicted octanol–water partition coefficient (Wildman–Crippen LogP) is 4.02. The number of benzene rings is 2. The van der Waals surface area contributed by atoms with Gasteiger partial charge in [0, 0.05) is 10.8 Å². The SMILES string of the molecule is Cc1cc(C)c2c(c1)nnc1cc(C)cc(C)c12. The first-order valence-electron chi connectivity index (χ1n) is 6.21. The van der Waals surface area contributed by atoms with Crippen molar-refractivity contribution in [3.8, 4) is 0 Å². The van der Waals surface area contributed by atoms with Crippen LogP contribution in [-0.2, 0) is 0 Å². The van der Waals surface area contributed by atoms with E-state index in [0.29, 0.717) is 0 Å². The summed E-state index contributed by atoms with van der Waals surface area (Å²) in [5, 5.41) is 11.2. The van der Waals surface area contributed by atoms with E-state index < -0.39 is 0 Å². The second kappa shape index (κ2) is 3.77. The second-order valence-corrected chi connectivity index (χ2v) is 5.15. The van der Waals surface area contributed by atoms with Crippen LogP contribution in [0.2, 0.25) is 0 Å². The molecule has 2 nitrogen and oxygen atoms in total. The fourth-order valence-corrected chi connectivity index (χ4v) is 2.81. The molecule has 1 aromatic heterocycles. The van der Waals surface area contributed by atoms with E-state index in [1.807, 2.05) is 0 Å². The van der Waals surface area contributed by atoms with Gasteiger partial charge in [-0.15, -0.1) is 10.2 Å². The van der Waals surface area contributed by atoms with Crippen molar-refractivity contribution in [1.29, 1.82) is 0 Å². The minimum Gasteiger partial charge on any atom is -0.150 e. The molecule has 2 heteroatoms. The highest BCUT2D eigenvalue weighted by molar-refractivity contribution is 6.07. The zero-order chi connectivity index (χ0) is 12.9. The minimum absolute atomic E-state index is 0.993. The summed E-state index contributed by atoms with van der Waals surface area (Å²) in [7, 11) is 0. The molecule has 90 valence electrons. The van der Waals surface area contributed by atoms with Gasteiger partial charge in [0.05, 0.1) is 11.0 Å². The highest BCUT2D eigenvalue weighted by atomic mass is 15.1. The summed E-state index contributed by atoms with van der Waals surface area (Å²) in [4.78, 5) is 0. The standard InChI is InChI=1S/C16H16N2/c1-9-5-11(3)15-13(7-9)17-18-14-8-10(2)6-12(4)16(14)15/h5-8H,1-4H3. The molecule has 0 saturated heterocycles. The molecule has 0 aliphatic rings. The van der Waals surface area contributed by atoms with Gasteiger partial charge in [-0.05, 0) is 62.1 Å². The summed E-state index contributed by atoms with van der Waals surface area (Å²) in [6.45, 7) is 8.49. The summed E-state index contributed by atoms with van der Waals surface area (Å²) in [6, 6.07) is 8.63. The van der Waals surface area contributed by atoms with E-state index in [4.69, 9.17) is 0 Å². The normalized spacial score (nSPS) is 11.3. The Morgan fingerprint density at radius 1 is 0.611 bits per heavy atom. The molecule has 0 bridgehead atoms. The lowest BCUT2D eigenvalue weighted by Gasteiger charge is -2.10. The van der Waals surface area contributed by atoms with Crippen LogP contribution in [0.4, 0.5) is 0 Å². The van der Waals surface area contributed by atoms with Crippen LogP contribution in [0.1, 0.15) is 22.3 Å². The summed E-state index contributed by atoms with van der Waals surface area (Å²) < 4.78 is 0. The Kier molecular flexibility index (Phi) is 2.34. The average Bonchev–Trinajstić information content (AvgIpc) is 2.28. The molecule has 18 heavy (non-hydrogen) atoms. The minimum atomic E-state index is 0.993. The van der Waals surface area contributed by atoms with Crippen LogP contribution in [0.3, 0.4) is 0 Å². The Morgan fingerprint density at radius 3 is 1.39 bits per heavy atom. The van der Waals surface area contributed by atoms with Gasteiger partial charge in [0.15, 0.2) is 0 Å². The molecule has 0 fully saturated rings. The molecule has 0 radical (unpaired) electrons. The Balaban J connectivity index is 2.61. The average molecular weight is 236 g/mol. The van der Waals surface area contributed by atoms with Gasteiger partial charge in [-0.1, -0.05) is 12.1 Å². The van der Waals surface area contributed by atoms with E-state index in [2.05, 4.69) is 62.2 Å². The fourth-order valence-electron chi connectivity index (χ4n) is 2.81. The van der Waals surface area contributed by atoms with Crippen molar-refractivity contribution in [3.05, 3.63) is 46.5 Å². The smallest absolute Gasteiger partial charge is 0.0941 e. The summed E-state index contributed by atoms with van der Waals surface area (Å²) in [5.41, 5.74) is 7.00. The highest BCUT2D eigenvalue weighted by Gasteiger charge is 2.09. The summed E-state index contributed by atoms with van der Waals surface area (Å²) in [5.74, 6) is 0. The van der Waals surface area contributed by atoms with Crippen molar-refractivity contribution >= 4 is 21.8 Å². The maximum atomic E-state index is 4.36. The Labute approximate surface area is 107 Å². The molecule has 0 amide bonds. The second-order valence-electron chi connectivity index (χ2n) is 5.15.